The fourth-order valence-corrected chi connectivity index (χ4v) is 1.61. The molecule has 0 aliphatic rings. The average molecular weight is 184 g/mol. The molecule has 0 aliphatic carbocycles. The van der Waals surface area contributed by atoms with Crippen molar-refractivity contribution in [3.8, 4) is 0 Å². The monoisotopic (exact) mass is 184 g/mol. The van der Waals surface area contributed by atoms with E-state index in [9.17, 15) is 0 Å². The van der Waals surface area contributed by atoms with E-state index in [1.165, 1.54) is 0 Å². The van der Waals surface area contributed by atoms with Gasteiger partial charge in [0.25, 0.3) is 0 Å². The molecular weight excluding hydrogens is 176 g/mol. The van der Waals surface area contributed by atoms with Gasteiger partial charge in [-0.05, 0) is 12.1 Å². The van der Waals surface area contributed by atoms with Gasteiger partial charge < -0.3 is 5.73 Å². The molecule has 2 N–H and O–H groups in total. The molecule has 0 spiro atoms. The molecule has 0 amide bonds. The molecule has 0 atom stereocenters. The minimum atomic E-state index is 0.462. The quantitative estimate of drug-likeness (QED) is 0.575. The summed E-state index contributed by atoms with van der Waals surface area (Å²) in [6.45, 7) is 0. The van der Waals surface area contributed by atoms with Gasteiger partial charge in [0.15, 0.2) is 11.5 Å². The molecule has 2 aromatic heterocycles. The summed E-state index contributed by atoms with van der Waals surface area (Å²) in [6.07, 6.45) is 3.54. The van der Waals surface area contributed by atoms with Crippen LogP contribution in [0.2, 0.25) is 0 Å². The number of imidazole rings is 1. The molecule has 4 nitrogen and oxygen atoms in total. The first-order valence-corrected chi connectivity index (χ1v) is 4.33. The maximum atomic E-state index is 5.73. The first kappa shape index (κ1) is 7.32. The standard InChI is InChI=1S/C10H8N4/c11-9-10-13-7-3-1-2-4-8(7)14(10)6-5-12-9/h1-6H,(H2,11,12). The Morgan fingerprint density at radius 1 is 1.21 bits per heavy atom. The van der Waals surface area contributed by atoms with Crippen molar-refractivity contribution in [3.63, 3.8) is 0 Å². The van der Waals surface area contributed by atoms with E-state index < -0.39 is 0 Å². The van der Waals surface area contributed by atoms with Gasteiger partial charge in [-0.15, -0.1) is 0 Å². The lowest BCUT2D eigenvalue weighted by Gasteiger charge is -1.95. The molecule has 4 heteroatoms. The van der Waals surface area contributed by atoms with Gasteiger partial charge in [-0.2, -0.15) is 0 Å². The molecule has 3 rings (SSSR count). The van der Waals surface area contributed by atoms with E-state index in [0.717, 1.165) is 11.0 Å². The van der Waals surface area contributed by atoms with E-state index in [-0.39, 0.29) is 0 Å². The summed E-state index contributed by atoms with van der Waals surface area (Å²) in [4.78, 5) is 8.39. The largest absolute Gasteiger partial charge is 0.381 e. The number of hydrogen-bond acceptors (Lipinski definition) is 3. The summed E-state index contributed by atoms with van der Waals surface area (Å²) in [5, 5.41) is 0. The highest BCUT2D eigenvalue weighted by Gasteiger charge is 2.05. The Hall–Kier alpha value is -2.10. The predicted molar refractivity (Wildman–Crippen MR) is 54.9 cm³/mol. The van der Waals surface area contributed by atoms with E-state index in [2.05, 4.69) is 9.97 Å². The number of nitrogen functional groups attached to an aromatic ring is 1. The van der Waals surface area contributed by atoms with Gasteiger partial charge in [-0.25, -0.2) is 9.97 Å². The first-order valence-electron chi connectivity index (χ1n) is 4.33. The topological polar surface area (TPSA) is 56.2 Å². The zero-order valence-corrected chi connectivity index (χ0v) is 7.38. The summed E-state index contributed by atoms with van der Waals surface area (Å²) in [5.41, 5.74) is 8.43. The van der Waals surface area contributed by atoms with Crippen molar-refractivity contribution in [2.75, 3.05) is 5.73 Å². The van der Waals surface area contributed by atoms with Crippen LogP contribution in [-0.2, 0) is 0 Å². The number of hydrogen-bond donors (Lipinski definition) is 1. The molecule has 2 heterocycles. The van der Waals surface area contributed by atoms with E-state index in [0.29, 0.717) is 11.5 Å². The molecule has 0 unspecified atom stereocenters. The molecule has 1 aromatic carbocycles. The Labute approximate surface area is 80.0 Å². The number of fused-ring (bicyclic) bond motifs is 3. The minimum Gasteiger partial charge on any atom is -0.381 e. The normalized spacial score (nSPS) is 11.1. The minimum absolute atomic E-state index is 0.462. The van der Waals surface area contributed by atoms with Crippen LogP contribution in [0.4, 0.5) is 5.82 Å². The number of aromatic nitrogens is 3. The highest BCUT2D eigenvalue weighted by molar-refractivity contribution is 5.83. The van der Waals surface area contributed by atoms with E-state index in [1.807, 2.05) is 34.9 Å². The zero-order chi connectivity index (χ0) is 9.54. The van der Waals surface area contributed by atoms with Crippen LogP contribution >= 0.6 is 0 Å². The zero-order valence-electron chi connectivity index (χ0n) is 7.38. The van der Waals surface area contributed by atoms with Gasteiger partial charge >= 0.3 is 0 Å². The molecular formula is C10H8N4. The van der Waals surface area contributed by atoms with Crippen LogP contribution in [0.15, 0.2) is 36.7 Å². The van der Waals surface area contributed by atoms with Crippen LogP contribution in [0.1, 0.15) is 0 Å². The number of nitrogens with two attached hydrogens (primary N) is 1. The molecule has 14 heavy (non-hydrogen) atoms. The molecule has 0 aliphatic heterocycles. The van der Waals surface area contributed by atoms with E-state index in [4.69, 9.17) is 5.73 Å². The third-order valence-corrected chi connectivity index (χ3v) is 2.25. The lowest BCUT2D eigenvalue weighted by Crippen LogP contribution is -1.94. The van der Waals surface area contributed by atoms with Crippen molar-refractivity contribution in [2.45, 2.75) is 0 Å². The van der Waals surface area contributed by atoms with Gasteiger partial charge in [0.1, 0.15) is 0 Å². The second-order valence-corrected chi connectivity index (χ2v) is 3.11. The van der Waals surface area contributed by atoms with Gasteiger partial charge in [0.05, 0.1) is 11.0 Å². The Kier molecular flexibility index (Phi) is 1.28. The van der Waals surface area contributed by atoms with Crippen molar-refractivity contribution >= 4 is 22.5 Å². The predicted octanol–water partition coefficient (Wildman–Crippen LogP) is 1.46. The summed E-state index contributed by atoms with van der Waals surface area (Å²) < 4.78 is 1.94. The van der Waals surface area contributed by atoms with Crippen LogP contribution in [0.3, 0.4) is 0 Å². The fourth-order valence-electron chi connectivity index (χ4n) is 1.61. The lowest BCUT2D eigenvalue weighted by atomic mass is 10.3. The summed E-state index contributed by atoms with van der Waals surface area (Å²) in [6, 6.07) is 7.90. The van der Waals surface area contributed by atoms with Crippen LogP contribution < -0.4 is 5.73 Å². The van der Waals surface area contributed by atoms with Crippen molar-refractivity contribution in [1.29, 1.82) is 0 Å². The molecule has 0 bridgehead atoms. The van der Waals surface area contributed by atoms with E-state index in [1.54, 1.807) is 6.20 Å². The van der Waals surface area contributed by atoms with Crippen LogP contribution in [0.5, 0.6) is 0 Å². The molecule has 68 valence electrons. The second kappa shape index (κ2) is 2.45. The fraction of sp³-hybridized carbons (Fsp3) is 0. The molecule has 0 radical (unpaired) electrons. The maximum Gasteiger partial charge on any atom is 0.180 e. The summed E-state index contributed by atoms with van der Waals surface area (Å²) in [7, 11) is 0. The number of nitrogens with zero attached hydrogens (tertiary/aromatic N) is 3. The van der Waals surface area contributed by atoms with Gasteiger partial charge in [-0.1, -0.05) is 12.1 Å². The van der Waals surface area contributed by atoms with Gasteiger partial charge in [0, 0.05) is 12.4 Å². The van der Waals surface area contributed by atoms with Crippen molar-refractivity contribution in [3.05, 3.63) is 36.7 Å². The number of anilines is 1. The Morgan fingerprint density at radius 2 is 2.07 bits per heavy atom. The van der Waals surface area contributed by atoms with Crippen molar-refractivity contribution in [2.24, 2.45) is 0 Å². The summed E-state index contributed by atoms with van der Waals surface area (Å²) >= 11 is 0. The van der Waals surface area contributed by atoms with Crippen molar-refractivity contribution < 1.29 is 0 Å². The second-order valence-electron chi connectivity index (χ2n) is 3.11. The van der Waals surface area contributed by atoms with Gasteiger partial charge in [-0.3, -0.25) is 4.40 Å². The third kappa shape index (κ3) is 0.821. The van der Waals surface area contributed by atoms with Crippen LogP contribution in [-0.4, -0.2) is 14.4 Å². The molecule has 0 fully saturated rings. The average Bonchev–Trinajstić information content (AvgIpc) is 2.59. The van der Waals surface area contributed by atoms with Crippen molar-refractivity contribution in [1.82, 2.24) is 14.4 Å². The number of rotatable bonds is 0. The molecule has 0 saturated carbocycles. The Balaban J connectivity index is 2.63. The van der Waals surface area contributed by atoms with Gasteiger partial charge in [0.2, 0.25) is 0 Å². The number of benzene rings is 1. The smallest absolute Gasteiger partial charge is 0.180 e. The molecule has 0 saturated heterocycles. The van der Waals surface area contributed by atoms with E-state index >= 15 is 0 Å². The number of para-hydroxylation sites is 2. The summed E-state index contributed by atoms with van der Waals surface area (Å²) in [5.74, 6) is 0.462. The maximum absolute atomic E-state index is 5.73. The van der Waals surface area contributed by atoms with Crippen LogP contribution in [0.25, 0.3) is 16.7 Å². The Bertz CT molecular complexity index is 612. The lowest BCUT2D eigenvalue weighted by molar-refractivity contribution is 1.16. The SMILES string of the molecule is Nc1nccn2c1nc1ccccc12. The highest BCUT2D eigenvalue weighted by atomic mass is 15.1. The third-order valence-electron chi connectivity index (χ3n) is 2.25. The molecule has 3 aromatic rings. The highest BCUT2D eigenvalue weighted by Crippen LogP contribution is 2.17. The Morgan fingerprint density at radius 3 is 3.00 bits per heavy atom. The first-order chi connectivity index (χ1) is 6.86. The van der Waals surface area contributed by atoms with Crippen LogP contribution in [0, 0.1) is 0 Å².